The van der Waals surface area contributed by atoms with Crippen LogP contribution in [0.4, 0.5) is 0 Å². The maximum atomic E-state index is 6.12. The minimum absolute atomic E-state index is 0.367. The van der Waals surface area contributed by atoms with Crippen molar-refractivity contribution in [2.24, 2.45) is 5.73 Å². The lowest BCUT2D eigenvalue weighted by molar-refractivity contribution is 0.294. The van der Waals surface area contributed by atoms with Crippen molar-refractivity contribution in [1.82, 2.24) is 0 Å². The Kier molecular flexibility index (Phi) is 2.77. The van der Waals surface area contributed by atoms with Crippen molar-refractivity contribution in [2.75, 3.05) is 0 Å². The summed E-state index contributed by atoms with van der Waals surface area (Å²) in [6.07, 6.45) is 2.74. The van der Waals surface area contributed by atoms with Gasteiger partial charge in [-0.2, -0.15) is 0 Å². The Morgan fingerprint density at radius 2 is 2.07 bits per heavy atom. The SMILES string of the molecule is CC(C)(N)c1cc(Br)ccc1OC1CC1. The van der Waals surface area contributed by atoms with E-state index in [4.69, 9.17) is 10.5 Å². The van der Waals surface area contributed by atoms with E-state index < -0.39 is 0 Å². The van der Waals surface area contributed by atoms with Gasteiger partial charge in [0, 0.05) is 15.6 Å². The zero-order chi connectivity index (χ0) is 11.1. The molecule has 1 aliphatic rings. The predicted molar refractivity (Wildman–Crippen MR) is 65.0 cm³/mol. The van der Waals surface area contributed by atoms with Gasteiger partial charge >= 0.3 is 0 Å². The maximum absolute atomic E-state index is 6.12. The molecule has 82 valence electrons. The topological polar surface area (TPSA) is 35.2 Å². The monoisotopic (exact) mass is 269 g/mol. The lowest BCUT2D eigenvalue weighted by Gasteiger charge is -2.23. The molecule has 2 rings (SSSR count). The molecule has 0 aromatic heterocycles. The van der Waals surface area contributed by atoms with Crippen molar-refractivity contribution in [3.05, 3.63) is 28.2 Å². The number of halogens is 1. The van der Waals surface area contributed by atoms with Crippen LogP contribution in [0, 0.1) is 0 Å². The molecule has 1 fully saturated rings. The third-order valence-electron chi connectivity index (χ3n) is 2.45. The van der Waals surface area contributed by atoms with Crippen LogP contribution in [0.25, 0.3) is 0 Å². The van der Waals surface area contributed by atoms with Crippen LogP contribution in [0.5, 0.6) is 5.75 Å². The Hall–Kier alpha value is -0.540. The molecule has 1 saturated carbocycles. The molecule has 0 unspecified atom stereocenters. The first-order valence-corrected chi connectivity index (χ1v) is 6.02. The van der Waals surface area contributed by atoms with Gasteiger partial charge in [-0.15, -0.1) is 0 Å². The van der Waals surface area contributed by atoms with Gasteiger partial charge in [0.25, 0.3) is 0 Å². The van der Waals surface area contributed by atoms with Gasteiger partial charge in [0.1, 0.15) is 5.75 Å². The van der Waals surface area contributed by atoms with Crippen LogP contribution in [0.3, 0.4) is 0 Å². The summed E-state index contributed by atoms with van der Waals surface area (Å²) in [7, 11) is 0. The Morgan fingerprint density at radius 1 is 1.40 bits per heavy atom. The first kappa shape index (κ1) is 11.0. The summed E-state index contributed by atoms with van der Waals surface area (Å²) < 4.78 is 6.88. The number of ether oxygens (including phenoxy) is 1. The van der Waals surface area contributed by atoms with E-state index in [1.54, 1.807) is 0 Å². The highest BCUT2D eigenvalue weighted by molar-refractivity contribution is 9.10. The van der Waals surface area contributed by atoms with E-state index in [1.165, 1.54) is 12.8 Å². The van der Waals surface area contributed by atoms with Crippen molar-refractivity contribution in [2.45, 2.75) is 38.3 Å². The Bertz CT molecular complexity index is 366. The van der Waals surface area contributed by atoms with Gasteiger partial charge in [0.2, 0.25) is 0 Å². The fraction of sp³-hybridized carbons (Fsp3) is 0.500. The molecule has 2 N–H and O–H groups in total. The van der Waals surface area contributed by atoms with Crippen LogP contribution in [0.2, 0.25) is 0 Å². The largest absolute Gasteiger partial charge is 0.490 e. The van der Waals surface area contributed by atoms with Gasteiger partial charge in [0.15, 0.2) is 0 Å². The molecule has 0 aliphatic heterocycles. The summed E-state index contributed by atoms with van der Waals surface area (Å²) in [5.41, 5.74) is 6.81. The number of hydrogen-bond donors (Lipinski definition) is 1. The summed E-state index contributed by atoms with van der Waals surface area (Å²) in [6, 6.07) is 6.02. The molecule has 0 spiro atoms. The summed E-state index contributed by atoms with van der Waals surface area (Å²) in [5.74, 6) is 0.924. The van der Waals surface area contributed by atoms with E-state index in [0.717, 1.165) is 15.8 Å². The molecule has 0 bridgehead atoms. The minimum atomic E-state index is -0.367. The summed E-state index contributed by atoms with van der Waals surface area (Å²) in [5, 5.41) is 0. The molecule has 15 heavy (non-hydrogen) atoms. The fourth-order valence-electron chi connectivity index (χ4n) is 1.47. The van der Waals surface area contributed by atoms with Crippen LogP contribution in [0.1, 0.15) is 32.3 Å². The van der Waals surface area contributed by atoms with Crippen molar-refractivity contribution >= 4 is 15.9 Å². The Balaban J connectivity index is 2.34. The molecule has 1 aliphatic carbocycles. The zero-order valence-electron chi connectivity index (χ0n) is 9.09. The number of benzene rings is 1. The van der Waals surface area contributed by atoms with Crippen molar-refractivity contribution in [3.8, 4) is 5.75 Å². The fourth-order valence-corrected chi connectivity index (χ4v) is 1.84. The molecule has 2 nitrogen and oxygen atoms in total. The molecule has 0 heterocycles. The van der Waals surface area contributed by atoms with E-state index in [-0.39, 0.29) is 5.54 Å². The second kappa shape index (κ2) is 3.80. The molecular formula is C12H16BrNO. The van der Waals surface area contributed by atoms with Crippen LogP contribution >= 0.6 is 15.9 Å². The second-order valence-corrected chi connectivity index (χ2v) is 5.60. The van der Waals surface area contributed by atoms with Crippen LogP contribution in [-0.4, -0.2) is 6.10 Å². The van der Waals surface area contributed by atoms with Crippen molar-refractivity contribution < 1.29 is 4.74 Å². The predicted octanol–water partition coefficient (Wildman–Crippen LogP) is 3.18. The standard InChI is InChI=1S/C12H16BrNO/c1-12(2,14)10-7-8(13)3-6-11(10)15-9-4-5-9/h3,6-7,9H,4-5,14H2,1-2H3. The lowest BCUT2D eigenvalue weighted by Crippen LogP contribution is -2.29. The molecule has 0 atom stereocenters. The third kappa shape index (κ3) is 2.73. The van der Waals surface area contributed by atoms with Gasteiger partial charge in [-0.25, -0.2) is 0 Å². The van der Waals surface area contributed by atoms with Crippen LogP contribution in [0.15, 0.2) is 22.7 Å². The molecule has 0 saturated heterocycles. The highest BCUT2D eigenvalue weighted by Crippen LogP contribution is 2.35. The molecule has 0 amide bonds. The maximum Gasteiger partial charge on any atom is 0.124 e. The Labute approximate surface area is 98.9 Å². The van der Waals surface area contributed by atoms with Gasteiger partial charge in [0.05, 0.1) is 6.10 Å². The van der Waals surface area contributed by atoms with E-state index in [0.29, 0.717) is 6.10 Å². The summed E-state index contributed by atoms with van der Waals surface area (Å²) in [6.45, 7) is 3.99. The zero-order valence-corrected chi connectivity index (χ0v) is 10.7. The number of rotatable bonds is 3. The molecule has 1 aromatic rings. The lowest BCUT2D eigenvalue weighted by atomic mass is 9.95. The molecule has 1 aromatic carbocycles. The van der Waals surface area contributed by atoms with E-state index in [2.05, 4.69) is 15.9 Å². The highest BCUT2D eigenvalue weighted by atomic mass is 79.9. The normalized spacial score (nSPS) is 16.5. The molecule has 3 heteroatoms. The van der Waals surface area contributed by atoms with Crippen LogP contribution < -0.4 is 10.5 Å². The van der Waals surface area contributed by atoms with Gasteiger partial charge in [-0.05, 0) is 44.9 Å². The first-order chi connectivity index (χ1) is 6.97. The quantitative estimate of drug-likeness (QED) is 0.915. The van der Waals surface area contributed by atoms with Crippen molar-refractivity contribution in [1.29, 1.82) is 0 Å². The number of hydrogen-bond acceptors (Lipinski definition) is 2. The van der Waals surface area contributed by atoms with Gasteiger partial charge < -0.3 is 10.5 Å². The minimum Gasteiger partial charge on any atom is -0.490 e. The van der Waals surface area contributed by atoms with Crippen molar-refractivity contribution in [3.63, 3.8) is 0 Å². The number of nitrogens with two attached hydrogens (primary N) is 1. The van der Waals surface area contributed by atoms with E-state index in [9.17, 15) is 0 Å². The van der Waals surface area contributed by atoms with Crippen LogP contribution in [-0.2, 0) is 5.54 Å². The van der Waals surface area contributed by atoms with E-state index in [1.807, 2.05) is 32.0 Å². The summed E-state index contributed by atoms with van der Waals surface area (Å²) in [4.78, 5) is 0. The molecule has 0 radical (unpaired) electrons. The Morgan fingerprint density at radius 3 is 2.60 bits per heavy atom. The first-order valence-electron chi connectivity index (χ1n) is 5.22. The van der Waals surface area contributed by atoms with Gasteiger partial charge in [-0.1, -0.05) is 15.9 Å². The van der Waals surface area contributed by atoms with E-state index >= 15 is 0 Å². The molecular weight excluding hydrogens is 254 g/mol. The average Bonchev–Trinajstić information content (AvgIpc) is 2.90. The highest BCUT2D eigenvalue weighted by Gasteiger charge is 2.27. The smallest absolute Gasteiger partial charge is 0.124 e. The van der Waals surface area contributed by atoms with Gasteiger partial charge in [-0.3, -0.25) is 0 Å². The third-order valence-corrected chi connectivity index (χ3v) is 2.95. The second-order valence-electron chi connectivity index (χ2n) is 4.68. The summed E-state index contributed by atoms with van der Waals surface area (Å²) >= 11 is 3.46. The average molecular weight is 270 g/mol.